The maximum Gasteiger partial charge on any atom is 0.255 e. The van der Waals surface area contributed by atoms with Crippen molar-refractivity contribution in [3.63, 3.8) is 0 Å². The summed E-state index contributed by atoms with van der Waals surface area (Å²) in [5, 5.41) is 6.50. The van der Waals surface area contributed by atoms with Gasteiger partial charge >= 0.3 is 0 Å². The van der Waals surface area contributed by atoms with Gasteiger partial charge in [0.25, 0.3) is 5.91 Å². The molecule has 8 heteroatoms. The van der Waals surface area contributed by atoms with E-state index in [4.69, 9.17) is 19.9 Å². The molecule has 1 amide bonds. The molecule has 0 aliphatic rings. The minimum atomic E-state index is -0.512. The van der Waals surface area contributed by atoms with Crippen LogP contribution in [0.4, 0.5) is 0 Å². The Morgan fingerprint density at radius 3 is 2.60 bits per heavy atom. The topological polar surface area (TPSA) is 107 Å². The number of nitrogens with one attached hydrogen (secondary N) is 2. The quantitative estimate of drug-likeness (QED) is 0.384. The number of primary amides is 1. The van der Waals surface area contributed by atoms with Gasteiger partial charge in [-0.2, -0.15) is 0 Å². The molecule has 8 nitrogen and oxygen atoms in total. The van der Waals surface area contributed by atoms with Gasteiger partial charge in [0.1, 0.15) is 11.9 Å². The van der Waals surface area contributed by atoms with E-state index in [1.54, 1.807) is 13.2 Å². The highest BCUT2D eigenvalue weighted by Gasteiger charge is 2.09. The standard InChI is InChI=1S/C22H30N4O4/c1-4-24-22(25-13-16(2)30-20-11-6-5-10-19(20)28-3)26-14-17-8-7-9-18(12-17)29-15-21(23)27/h5-12,16H,4,13-15H2,1-3H3,(H2,23,27)(H2,24,25,26). The number of carbonyl (C=O) groups is 1. The highest BCUT2D eigenvalue weighted by atomic mass is 16.5. The third-order valence-corrected chi connectivity index (χ3v) is 4.00. The van der Waals surface area contributed by atoms with Gasteiger partial charge in [0.15, 0.2) is 24.1 Å². The Hall–Kier alpha value is -3.42. The van der Waals surface area contributed by atoms with E-state index in [9.17, 15) is 4.79 Å². The van der Waals surface area contributed by atoms with E-state index in [-0.39, 0.29) is 12.7 Å². The zero-order valence-corrected chi connectivity index (χ0v) is 17.7. The number of benzene rings is 2. The lowest BCUT2D eigenvalue weighted by atomic mass is 10.2. The predicted octanol–water partition coefficient (Wildman–Crippen LogP) is 2.08. The summed E-state index contributed by atoms with van der Waals surface area (Å²) < 4.78 is 16.6. The van der Waals surface area contributed by atoms with E-state index in [0.717, 1.165) is 12.1 Å². The second-order valence-electron chi connectivity index (χ2n) is 6.56. The van der Waals surface area contributed by atoms with Crippen LogP contribution in [0.1, 0.15) is 19.4 Å². The Labute approximate surface area is 177 Å². The van der Waals surface area contributed by atoms with Gasteiger partial charge in [-0.3, -0.25) is 4.79 Å². The molecule has 0 fully saturated rings. The first-order valence-corrected chi connectivity index (χ1v) is 9.83. The number of guanidine groups is 1. The predicted molar refractivity (Wildman–Crippen MR) is 117 cm³/mol. The van der Waals surface area contributed by atoms with Gasteiger partial charge in [0, 0.05) is 6.54 Å². The molecular weight excluding hydrogens is 384 g/mol. The molecule has 0 radical (unpaired) electrons. The average molecular weight is 415 g/mol. The molecule has 0 spiro atoms. The summed E-state index contributed by atoms with van der Waals surface area (Å²) in [5.41, 5.74) is 6.06. The number of rotatable bonds is 11. The Morgan fingerprint density at radius 2 is 1.90 bits per heavy atom. The van der Waals surface area contributed by atoms with E-state index in [2.05, 4.69) is 15.6 Å². The lowest BCUT2D eigenvalue weighted by Gasteiger charge is -2.19. The Balaban J connectivity index is 1.92. The van der Waals surface area contributed by atoms with Gasteiger partial charge in [-0.15, -0.1) is 0 Å². The largest absolute Gasteiger partial charge is 0.493 e. The summed E-state index contributed by atoms with van der Waals surface area (Å²) in [5.74, 6) is 2.14. The number of carbonyl (C=O) groups excluding carboxylic acids is 1. The van der Waals surface area contributed by atoms with Crippen molar-refractivity contribution in [3.05, 3.63) is 54.1 Å². The SMILES string of the molecule is CCNC(=NCc1cccc(OCC(N)=O)c1)NCC(C)Oc1ccccc1OC. The van der Waals surface area contributed by atoms with Crippen LogP contribution in [0.5, 0.6) is 17.2 Å². The Kier molecular flexibility index (Phi) is 9.30. The van der Waals surface area contributed by atoms with Gasteiger partial charge in [0.05, 0.1) is 20.2 Å². The van der Waals surface area contributed by atoms with Crippen LogP contribution in [-0.2, 0) is 11.3 Å². The van der Waals surface area contributed by atoms with E-state index in [1.165, 1.54) is 0 Å². The summed E-state index contributed by atoms with van der Waals surface area (Å²) in [6.07, 6.45) is -0.101. The van der Waals surface area contributed by atoms with Crippen LogP contribution in [-0.4, -0.2) is 44.8 Å². The maximum absolute atomic E-state index is 10.9. The molecule has 0 aliphatic heterocycles. The summed E-state index contributed by atoms with van der Waals surface area (Å²) in [6.45, 7) is 5.57. The molecule has 162 valence electrons. The first kappa shape index (κ1) is 22.9. The molecular formula is C22H30N4O4. The first-order chi connectivity index (χ1) is 14.5. The number of amides is 1. The normalized spacial score (nSPS) is 12.0. The molecule has 0 aromatic heterocycles. The molecule has 0 saturated heterocycles. The molecule has 0 saturated carbocycles. The van der Waals surface area contributed by atoms with Crippen molar-refractivity contribution in [3.8, 4) is 17.2 Å². The fraction of sp³-hybridized carbons (Fsp3) is 0.364. The molecule has 1 unspecified atom stereocenters. The molecule has 0 aliphatic carbocycles. The van der Waals surface area contributed by atoms with Crippen molar-refractivity contribution in [2.45, 2.75) is 26.5 Å². The Bertz CT molecular complexity index is 841. The van der Waals surface area contributed by atoms with Crippen molar-refractivity contribution >= 4 is 11.9 Å². The van der Waals surface area contributed by atoms with Crippen LogP contribution < -0.4 is 30.6 Å². The second kappa shape index (κ2) is 12.2. The third-order valence-electron chi connectivity index (χ3n) is 4.00. The summed E-state index contributed by atoms with van der Waals surface area (Å²) in [6, 6.07) is 15.0. The average Bonchev–Trinajstić information content (AvgIpc) is 2.75. The fourth-order valence-electron chi connectivity index (χ4n) is 2.62. The van der Waals surface area contributed by atoms with E-state index in [0.29, 0.717) is 36.3 Å². The molecule has 2 aromatic rings. The van der Waals surface area contributed by atoms with Crippen molar-refractivity contribution in [1.29, 1.82) is 0 Å². The molecule has 2 aromatic carbocycles. The van der Waals surface area contributed by atoms with Crippen molar-refractivity contribution in [2.75, 3.05) is 26.8 Å². The summed E-state index contributed by atoms with van der Waals surface area (Å²) in [4.78, 5) is 15.5. The monoisotopic (exact) mass is 414 g/mol. The zero-order chi connectivity index (χ0) is 21.8. The molecule has 0 bridgehead atoms. The van der Waals surface area contributed by atoms with Crippen LogP contribution in [0.2, 0.25) is 0 Å². The van der Waals surface area contributed by atoms with Crippen molar-refractivity contribution < 1.29 is 19.0 Å². The van der Waals surface area contributed by atoms with Crippen LogP contribution in [0.3, 0.4) is 0 Å². The number of hydrogen-bond donors (Lipinski definition) is 3. The number of nitrogens with two attached hydrogens (primary N) is 1. The highest BCUT2D eigenvalue weighted by Crippen LogP contribution is 2.26. The summed E-state index contributed by atoms with van der Waals surface area (Å²) in [7, 11) is 1.62. The lowest BCUT2D eigenvalue weighted by Crippen LogP contribution is -2.41. The second-order valence-corrected chi connectivity index (χ2v) is 6.56. The van der Waals surface area contributed by atoms with Crippen LogP contribution in [0.25, 0.3) is 0 Å². The van der Waals surface area contributed by atoms with Gasteiger partial charge in [-0.1, -0.05) is 24.3 Å². The Morgan fingerprint density at radius 1 is 1.13 bits per heavy atom. The molecule has 0 heterocycles. The summed E-state index contributed by atoms with van der Waals surface area (Å²) >= 11 is 0. The van der Waals surface area contributed by atoms with Gasteiger partial charge in [-0.05, 0) is 43.7 Å². The fourth-order valence-corrected chi connectivity index (χ4v) is 2.62. The molecule has 4 N–H and O–H groups in total. The molecule has 2 rings (SSSR count). The number of aliphatic imine (C=N–C) groups is 1. The highest BCUT2D eigenvalue weighted by molar-refractivity contribution is 5.79. The zero-order valence-electron chi connectivity index (χ0n) is 17.7. The number of hydrogen-bond acceptors (Lipinski definition) is 5. The molecule has 1 atom stereocenters. The minimum absolute atomic E-state index is 0.101. The lowest BCUT2D eigenvalue weighted by molar-refractivity contribution is -0.119. The molecule has 30 heavy (non-hydrogen) atoms. The minimum Gasteiger partial charge on any atom is -0.493 e. The van der Waals surface area contributed by atoms with Crippen LogP contribution in [0, 0.1) is 0 Å². The van der Waals surface area contributed by atoms with E-state index < -0.39 is 5.91 Å². The van der Waals surface area contributed by atoms with Gasteiger partial charge < -0.3 is 30.6 Å². The number of methoxy groups -OCH3 is 1. The van der Waals surface area contributed by atoms with Gasteiger partial charge in [0.2, 0.25) is 0 Å². The van der Waals surface area contributed by atoms with Crippen molar-refractivity contribution in [2.24, 2.45) is 10.7 Å². The van der Waals surface area contributed by atoms with Crippen LogP contribution >= 0.6 is 0 Å². The number of para-hydroxylation sites is 2. The van der Waals surface area contributed by atoms with Gasteiger partial charge in [-0.25, -0.2) is 4.99 Å². The number of nitrogens with zero attached hydrogens (tertiary/aromatic N) is 1. The van der Waals surface area contributed by atoms with Crippen LogP contribution in [0.15, 0.2) is 53.5 Å². The number of ether oxygens (including phenoxy) is 3. The van der Waals surface area contributed by atoms with E-state index in [1.807, 2.05) is 56.3 Å². The smallest absolute Gasteiger partial charge is 0.255 e. The third kappa shape index (κ3) is 7.90. The first-order valence-electron chi connectivity index (χ1n) is 9.83. The maximum atomic E-state index is 10.9. The van der Waals surface area contributed by atoms with Crippen molar-refractivity contribution in [1.82, 2.24) is 10.6 Å². The van der Waals surface area contributed by atoms with E-state index >= 15 is 0 Å².